The molecule has 0 rings (SSSR count). The second kappa shape index (κ2) is 5.11. The van der Waals surface area contributed by atoms with Gasteiger partial charge < -0.3 is 19.8 Å². The molecule has 0 fully saturated rings. The van der Waals surface area contributed by atoms with Crippen LogP contribution in [0.4, 0.5) is 0 Å². The van der Waals surface area contributed by atoms with Gasteiger partial charge in [0.05, 0.1) is 27.0 Å². The number of carbonyl (C=O) groups is 2. The van der Waals surface area contributed by atoms with Crippen molar-refractivity contribution in [3.8, 4) is 0 Å². The van der Waals surface area contributed by atoms with Crippen LogP contribution in [0.3, 0.4) is 0 Å². The lowest BCUT2D eigenvalue weighted by molar-refractivity contribution is -0.299. The first-order valence-corrected chi connectivity index (χ1v) is 3.84. The first kappa shape index (κ1) is 12.3. The number of carbonyl (C=O) groups excluding carboxylic acids is 2. The average molecular weight is 243 g/mol. The molecular formula is C6HCl3O4-2. The summed E-state index contributed by atoms with van der Waals surface area (Å²) in [6, 6.07) is 0. The summed E-state index contributed by atoms with van der Waals surface area (Å²) in [6.45, 7) is 0. The van der Waals surface area contributed by atoms with Gasteiger partial charge in [-0.2, -0.15) is 0 Å². The van der Waals surface area contributed by atoms with E-state index in [1.54, 1.807) is 0 Å². The Morgan fingerprint density at radius 1 is 1.00 bits per heavy atom. The van der Waals surface area contributed by atoms with Gasteiger partial charge in [0.15, 0.2) is 0 Å². The van der Waals surface area contributed by atoms with Gasteiger partial charge in [-0.25, -0.2) is 0 Å². The molecule has 0 aliphatic rings. The summed E-state index contributed by atoms with van der Waals surface area (Å²) in [7, 11) is 0. The molecule has 72 valence electrons. The highest BCUT2D eigenvalue weighted by Crippen LogP contribution is 2.17. The quantitative estimate of drug-likeness (QED) is 0.485. The highest BCUT2D eigenvalue weighted by Gasteiger charge is 2.01. The van der Waals surface area contributed by atoms with Gasteiger partial charge in [0.2, 0.25) is 0 Å². The third-order valence-electron chi connectivity index (χ3n) is 0.837. The molecule has 0 amide bonds. The van der Waals surface area contributed by atoms with Gasteiger partial charge in [-0.05, 0) is 6.08 Å². The van der Waals surface area contributed by atoms with Crippen LogP contribution >= 0.6 is 34.8 Å². The van der Waals surface area contributed by atoms with Crippen molar-refractivity contribution >= 4 is 46.7 Å². The first-order chi connectivity index (χ1) is 5.86. The average Bonchev–Trinajstić information content (AvgIpc) is 2.02. The molecule has 0 aromatic rings. The predicted octanol–water partition coefficient (Wildman–Crippen LogP) is -0.702. The summed E-state index contributed by atoms with van der Waals surface area (Å²) in [5.41, 5.74) is 0. The fourth-order valence-corrected chi connectivity index (χ4v) is 0.737. The zero-order chi connectivity index (χ0) is 10.6. The zero-order valence-corrected chi connectivity index (χ0v) is 8.11. The lowest BCUT2D eigenvalue weighted by atomic mass is 10.4. The number of halogens is 3. The van der Waals surface area contributed by atoms with E-state index in [0.29, 0.717) is 6.08 Å². The van der Waals surface area contributed by atoms with Crippen molar-refractivity contribution in [2.75, 3.05) is 0 Å². The minimum absolute atomic E-state index is 0.545. The number of carboxylic acid groups (broad SMARTS) is 2. The molecule has 0 N–H and O–H groups in total. The molecule has 0 spiro atoms. The number of allylic oxidation sites excluding steroid dienone is 2. The van der Waals surface area contributed by atoms with Crippen molar-refractivity contribution in [2.45, 2.75) is 0 Å². The van der Waals surface area contributed by atoms with Crippen LogP contribution in [0.5, 0.6) is 0 Å². The number of rotatable bonds is 3. The minimum Gasteiger partial charge on any atom is -0.544 e. The highest BCUT2D eigenvalue weighted by atomic mass is 35.5. The lowest BCUT2D eigenvalue weighted by Crippen LogP contribution is -2.23. The van der Waals surface area contributed by atoms with E-state index in [4.69, 9.17) is 34.8 Å². The zero-order valence-electron chi connectivity index (χ0n) is 5.84. The Labute approximate surface area is 88.0 Å². The maximum absolute atomic E-state index is 10.1. The van der Waals surface area contributed by atoms with Crippen molar-refractivity contribution in [3.63, 3.8) is 0 Å². The van der Waals surface area contributed by atoms with Gasteiger partial charge in [-0.15, -0.1) is 0 Å². The molecule has 0 aromatic heterocycles. The molecule has 13 heavy (non-hydrogen) atoms. The Balaban J connectivity index is 4.92. The van der Waals surface area contributed by atoms with Crippen LogP contribution in [0.15, 0.2) is 21.2 Å². The molecule has 0 aliphatic carbocycles. The van der Waals surface area contributed by atoms with Crippen LogP contribution in [0, 0.1) is 0 Å². The number of aliphatic carboxylic acids is 2. The number of hydrogen-bond acceptors (Lipinski definition) is 4. The third-order valence-corrected chi connectivity index (χ3v) is 1.85. The summed E-state index contributed by atoms with van der Waals surface area (Å²) in [5, 5.41) is 18.0. The summed E-state index contributed by atoms with van der Waals surface area (Å²) >= 11 is 15.4. The molecule has 4 nitrogen and oxygen atoms in total. The summed E-state index contributed by atoms with van der Waals surface area (Å²) in [4.78, 5) is 20.1. The molecule has 0 heterocycles. The fourth-order valence-electron chi connectivity index (χ4n) is 0.331. The van der Waals surface area contributed by atoms with Gasteiger partial charge in [0, 0.05) is 0 Å². The molecular weight excluding hydrogens is 242 g/mol. The first-order valence-electron chi connectivity index (χ1n) is 2.71. The molecule has 7 heteroatoms. The lowest BCUT2D eigenvalue weighted by Gasteiger charge is -2.02. The van der Waals surface area contributed by atoms with Crippen molar-refractivity contribution in [3.05, 3.63) is 21.2 Å². The molecule has 0 unspecified atom stereocenters. The SMILES string of the molecule is O=C([O-])/C(Cl)=C(Cl)\C=C(\Cl)C(=O)[O-]. The van der Waals surface area contributed by atoms with Crippen LogP contribution in [0.2, 0.25) is 0 Å². The van der Waals surface area contributed by atoms with E-state index in [9.17, 15) is 19.8 Å². The van der Waals surface area contributed by atoms with Crippen molar-refractivity contribution in [1.29, 1.82) is 0 Å². The van der Waals surface area contributed by atoms with Crippen LogP contribution < -0.4 is 10.2 Å². The Kier molecular flexibility index (Phi) is 4.83. The molecule has 0 aliphatic heterocycles. The fraction of sp³-hybridized carbons (Fsp3) is 0. The standard InChI is InChI=1S/C6H3Cl3O4/c7-2(4(9)6(12)13)1-3(8)5(10)11/h1H,(H,10,11)(H,12,13)/p-2/b3-1+,4-2-. The normalized spacial score (nSPS) is 13.6. The van der Waals surface area contributed by atoms with Crippen molar-refractivity contribution in [1.82, 2.24) is 0 Å². The van der Waals surface area contributed by atoms with E-state index in [1.807, 2.05) is 0 Å². The van der Waals surface area contributed by atoms with E-state index in [0.717, 1.165) is 0 Å². The maximum atomic E-state index is 10.1. The topological polar surface area (TPSA) is 80.3 Å². The molecule has 0 bridgehead atoms. The van der Waals surface area contributed by atoms with E-state index < -0.39 is 27.0 Å². The van der Waals surface area contributed by atoms with Gasteiger partial charge in [-0.3, -0.25) is 0 Å². The number of carboxylic acids is 2. The minimum atomic E-state index is -1.73. The Morgan fingerprint density at radius 2 is 1.46 bits per heavy atom. The Hall–Kier alpha value is -0.710. The van der Waals surface area contributed by atoms with Crippen LogP contribution in [-0.4, -0.2) is 11.9 Å². The second-order valence-electron chi connectivity index (χ2n) is 1.73. The van der Waals surface area contributed by atoms with Crippen molar-refractivity contribution in [2.24, 2.45) is 0 Å². The summed E-state index contributed by atoms with van der Waals surface area (Å²) in [6.07, 6.45) is 0.635. The Bertz CT molecular complexity index is 305. The third kappa shape index (κ3) is 4.17. The van der Waals surface area contributed by atoms with Gasteiger partial charge in [0.1, 0.15) is 0 Å². The van der Waals surface area contributed by atoms with Crippen molar-refractivity contribution < 1.29 is 19.8 Å². The monoisotopic (exact) mass is 242 g/mol. The molecule has 0 saturated carbocycles. The van der Waals surface area contributed by atoms with E-state index in [1.165, 1.54) is 0 Å². The van der Waals surface area contributed by atoms with Gasteiger partial charge in [-0.1, -0.05) is 34.8 Å². The predicted molar refractivity (Wildman–Crippen MR) is 42.7 cm³/mol. The smallest absolute Gasteiger partial charge is 0.0844 e. The molecule has 0 atom stereocenters. The summed E-state index contributed by atoms with van der Waals surface area (Å²) in [5.74, 6) is -3.42. The Morgan fingerprint density at radius 3 is 1.77 bits per heavy atom. The second-order valence-corrected chi connectivity index (χ2v) is 2.92. The maximum Gasteiger partial charge on any atom is 0.0844 e. The van der Waals surface area contributed by atoms with E-state index in [2.05, 4.69) is 0 Å². The largest absolute Gasteiger partial charge is 0.544 e. The number of hydrogen-bond donors (Lipinski definition) is 0. The van der Waals surface area contributed by atoms with E-state index in [-0.39, 0.29) is 0 Å². The van der Waals surface area contributed by atoms with Gasteiger partial charge >= 0.3 is 0 Å². The van der Waals surface area contributed by atoms with Crippen LogP contribution in [0.25, 0.3) is 0 Å². The van der Waals surface area contributed by atoms with E-state index >= 15 is 0 Å². The summed E-state index contributed by atoms with van der Waals surface area (Å²) < 4.78 is 0. The van der Waals surface area contributed by atoms with Crippen LogP contribution in [0.1, 0.15) is 0 Å². The molecule has 0 saturated heterocycles. The highest BCUT2D eigenvalue weighted by molar-refractivity contribution is 6.48. The molecule has 0 radical (unpaired) electrons. The molecule has 0 aromatic carbocycles. The van der Waals surface area contributed by atoms with Gasteiger partial charge in [0.25, 0.3) is 0 Å². The van der Waals surface area contributed by atoms with Crippen LogP contribution in [-0.2, 0) is 9.59 Å².